The number of oxime groups is 1. The van der Waals surface area contributed by atoms with Gasteiger partial charge in [-0.15, -0.1) is 0 Å². The summed E-state index contributed by atoms with van der Waals surface area (Å²) in [5.74, 6) is -1.72. The summed E-state index contributed by atoms with van der Waals surface area (Å²) in [6.07, 6.45) is 0.488. The van der Waals surface area contributed by atoms with Crippen LogP contribution in [0.25, 0.3) is 0 Å². The molecule has 0 fully saturated rings. The van der Waals surface area contributed by atoms with E-state index in [9.17, 15) is 9.59 Å². The Morgan fingerprint density at radius 1 is 1.67 bits per heavy atom. The van der Waals surface area contributed by atoms with Gasteiger partial charge >= 0.3 is 11.9 Å². The van der Waals surface area contributed by atoms with Crippen molar-refractivity contribution in [2.45, 2.75) is 6.92 Å². The van der Waals surface area contributed by atoms with Crippen LogP contribution < -0.4 is 0 Å². The maximum absolute atomic E-state index is 10.1. The van der Waals surface area contributed by atoms with Crippen molar-refractivity contribution in [3.63, 3.8) is 0 Å². The van der Waals surface area contributed by atoms with Crippen molar-refractivity contribution in [3.8, 4) is 0 Å². The molecule has 0 aliphatic carbocycles. The average molecular weight is 131 g/mol. The average Bonchev–Trinajstić information content (AvgIpc) is 1.63. The van der Waals surface area contributed by atoms with Crippen molar-refractivity contribution in [1.29, 1.82) is 0 Å². The second kappa shape index (κ2) is 3.59. The quantitative estimate of drug-likeness (QED) is 0.172. The summed E-state index contributed by atoms with van der Waals surface area (Å²) in [4.78, 5) is 20.0. The number of nitrogens with zero attached hydrogens (tertiary/aromatic N) is 1. The Bertz CT molecular complexity index is 151. The van der Waals surface area contributed by atoms with Gasteiger partial charge in [0.2, 0.25) is 0 Å². The van der Waals surface area contributed by atoms with E-state index in [0.717, 1.165) is 6.92 Å². The molecule has 0 saturated carbocycles. The number of ether oxygens (including phenoxy) is 1. The first-order valence-electron chi connectivity index (χ1n) is 2.06. The van der Waals surface area contributed by atoms with Gasteiger partial charge in [0.15, 0.2) is 6.21 Å². The molecule has 0 radical (unpaired) electrons. The molecule has 5 heteroatoms. The van der Waals surface area contributed by atoms with Crippen LogP contribution in [0.15, 0.2) is 5.16 Å². The lowest BCUT2D eigenvalue weighted by Gasteiger charge is -1.88. The van der Waals surface area contributed by atoms with Crippen LogP contribution in [0.5, 0.6) is 0 Å². The van der Waals surface area contributed by atoms with Crippen LogP contribution in [-0.2, 0) is 14.3 Å². The number of rotatable bonds is 1. The Morgan fingerprint density at radius 3 is 2.56 bits per heavy atom. The van der Waals surface area contributed by atoms with E-state index in [1.807, 2.05) is 0 Å². The lowest BCUT2D eigenvalue weighted by atomic mass is 10.7. The third-order valence-electron chi connectivity index (χ3n) is 0.407. The van der Waals surface area contributed by atoms with E-state index < -0.39 is 11.9 Å². The van der Waals surface area contributed by atoms with Gasteiger partial charge in [0.05, 0.1) is 0 Å². The van der Waals surface area contributed by atoms with Crippen LogP contribution in [0.3, 0.4) is 0 Å². The zero-order chi connectivity index (χ0) is 7.28. The lowest BCUT2D eigenvalue weighted by Crippen LogP contribution is -2.09. The topological polar surface area (TPSA) is 76.0 Å². The summed E-state index contributed by atoms with van der Waals surface area (Å²) in [7, 11) is 0. The molecule has 5 nitrogen and oxygen atoms in total. The molecule has 0 spiro atoms. The van der Waals surface area contributed by atoms with E-state index in [-0.39, 0.29) is 0 Å². The van der Waals surface area contributed by atoms with Crippen molar-refractivity contribution in [2.24, 2.45) is 5.16 Å². The van der Waals surface area contributed by atoms with Crippen molar-refractivity contribution in [2.75, 3.05) is 0 Å². The van der Waals surface area contributed by atoms with Crippen molar-refractivity contribution in [1.82, 2.24) is 0 Å². The van der Waals surface area contributed by atoms with E-state index >= 15 is 0 Å². The van der Waals surface area contributed by atoms with E-state index in [4.69, 9.17) is 5.21 Å². The third-order valence-corrected chi connectivity index (χ3v) is 0.407. The van der Waals surface area contributed by atoms with Gasteiger partial charge in [-0.1, -0.05) is 5.16 Å². The SMILES string of the molecule is CC(=O)OC(=O)C=NO. The van der Waals surface area contributed by atoms with E-state index in [2.05, 4.69) is 9.89 Å². The number of hydrogen-bond donors (Lipinski definition) is 1. The predicted molar refractivity (Wildman–Crippen MR) is 27.1 cm³/mol. The standard InChI is InChI=1S/C4H5NO4/c1-3(6)9-4(7)2-5-8/h2,8H,1H3. The Balaban J connectivity index is 3.64. The molecule has 0 saturated heterocycles. The molecule has 0 aromatic heterocycles. The summed E-state index contributed by atoms with van der Waals surface area (Å²) < 4.78 is 3.90. The van der Waals surface area contributed by atoms with Gasteiger partial charge in [-0.2, -0.15) is 0 Å². The first-order valence-corrected chi connectivity index (χ1v) is 2.06. The number of hydrogen-bond acceptors (Lipinski definition) is 5. The maximum atomic E-state index is 10.1. The van der Waals surface area contributed by atoms with Gasteiger partial charge < -0.3 is 9.94 Å². The molecule has 0 aliphatic heterocycles. The number of carbonyl (C=O) groups is 2. The molecular formula is C4H5NO4. The predicted octanol–water partition coefficient (Wildman–Crippen LogP) is -0.464. The van der Waals surface area contributed by atoms with Gasteiger partial charge in [-0.3, -0.25) is 4.79 Å². The molecular weight excluding hydrogens is 126 g/mol. The fraction of sp³-hybridized carbons (Fsp3) is 0.250. The fourth-order valence-electron chi connectivity index (χ4n) is 0.215. The highest BCUT2D eigenvalue weighted by atomic mass is 16.6. The smallest absolute Gasteiger partial charge is 0.360 e. The molecule has 0 atom stereocenters. The van der Waals surface area contributed by atoms with Crippen LogP contribution in [-0.4, -0.2) is 23.4 Å². The largest absolute Gasteiger partial charge is 0.411 e. The molecule has 0 heterocycles. The second-order valence-corrected chi connectivity index (χ2v) is 1.16. The van der Waals surface area contributed by atoms with Crippen LogP contribution in [0, 0.1) is 0 Å². The lowest BCUT2D eigenvalue weighted by molar-refractivity contribution is -0.152. The molecule has 0 aromatic rings. The molecule has 0 aliphatic rings. The summed E-state index contributed by atoms with van der Waals surface area (Å²) in [6.45, 7) is 1.07. The summed E-state index contributed by atoms with van der Waals surface area (Å²) in [5, 5.41) is 10.0. The molecule has 0 unspecified atom stereocenters. The third kappa shape index (κ3) is 4.46. The van der Waals surface area contributed by atoms with E-state index in [1.165, 1.54) is 0 Å². The minimum Gasteiger partial charge on any atom is -0.411 e. The highest BCUT2D eigenvalue weighted by molar-refractivity contribution is 6.25. The summed E-state index contributed by atoms with van der Waals surface area (Å²) in [6, 6.07) is 0. The highest BCUT2D eigenvalue weighted by Crippen LogP contribution is 1.74. The number of esters is 2. The second-order valence-electron chi connectivity index (χ2n) is 1.16. The zero-order valence-electron chi connectivity index (χ0n) is 4.70. The maximum Gasteiger partial charge on any atom is 0.360 e. The normalized spacial score (nSPS) is 9.44. The minimum atomic E-state index is -0.981. The first kappa shape index (κ1) is 7.61. The Hall–Kier alpha value is -1.39. The van der Waals surface area contributed by atoms with Crippen molar-refractivity contribution < 1.29 is 19.5 Å². The monoisotopic (exact) mass is 131 g/mol. The summed E-state index contributed by atoms with van der Waals surface area (Å²) in [5.41, 5.74) is 0. The minimum absolute atomic E-state index is 0.488. The molecule has 9 heavy (non-hydrogen) atoms. The molecule has 50 valence electrons. The fourth-order valence-corrected chi connectivity index (χ4v) is 0.215. The van der Waals surface area contributed by atoms with Crippen molar-refractivity contribution >= 4 is 18.2 Å². The van der Waals surface area contributed by atoms with Crippen LogP contribution in [0.2, 0.25) is 0 Å². The molecule has 0 bridgehead atoms. The van der Waals surface area contributed by atoms with Crippen LogP contribution in [0.4, 0.5) is 0 Å². The molecule has 0 amide bonds. The van der Waals surface area contributed by atoms with E-state index in [1.54, 1.807) is 0 Å². The van der Waals surface area contributed by atoms with Gasteiger partial charge in [0.1, 0.15) is 0 Å². The molecule has 0 rings (SSSR count). The first-order chi connectivity index (χ1) is 4.16. The van der Waals surface area contributed by atoms with Gasteiger partial charge in [0, 0.05) is 6.92 Å². The number of carbonyl (C=O) groups excluding carboxylic acids is 2. The highest BCUT2D eigenvalue weighted by Gasteiger charge is 1.99. The van der Waals surface area contributed by atoms with Crippen molar-refractivity contribution in [3.05, 3.63) is 0 Å². The van der Waals surface area contributed by atoms with Crippen LogP contribution in [0.1, 0.15) is 6.92 Å². The van der Waals surface area contributed by atoms with Crippen LogP contribution >= 0.6 is 0 Å². The Kier molecular flexibility index (Phi) is 3.04. The van der Waals surface area contributed by atoms with E-state index in [0.29, 0.717) is 6.21 Å². The zero-order valence-corrected chi connectivity index (χ0v) is 4.70. The van der Waals surface area contributed by atoms with Gasteiger partial charge in [-0.25, -0.2) is 4.79 Å². The molecule has 1 N–H and O–H groups in total. The van der Waals surface area contributed by atoms with Gasteiger partial charge in [0.25, 0.3) is 0 Å². The summed E-state index contributed by atoms with van der Waals surface area (Å²) >= 11 is 0. The van der Waals surface area contributed by atoms with Gasteiger partial charge in [-0.05, 0) is 0 Å². The molecule has 0 aromatic carbocycles. The Morgan fingerprint density at radius 2 is 2.22 bits per heavy atom. The Labute approximate surface area is 50.9 Å².